The van der Waals surface area contributed by atoms with E-state index in [0.717, 1.165) is 27.1 Å². The summed E-state index contributed by atoms with van der Waals surface area (Å²) in [5.74, 6) is -4.51. The Labute approximate surface area is 371 Å². The lowest BCUT2D eigenvalue weighted by Crippen LogP contribution is -2.60. The first-order valence-corrected chi connectivity index (χ1v) is 22.0. The Morgan fingerprint density at radius 1 is 0.714 bits per heavy atom. The lowest BCUT2D eigenvalue weighted by Gasteiger charge is -2.28. The van der Waals surface area contributed by atoms with Crippen LogP contribution in [0.3, 0.4) is 0 Å². The van der Waals surface area contributed by atoms with Crippen LogP contribution < -0.4 is 31.3 Å². The third-order valence-corrected chi connectivity index (χ3v) is 12.0. The normalized spacial score (nSPS) is 19.7. The molecule has 0 spiro atoms. The number of carboxylic acid groups (broad SMARTS) is 1. The molecule has 0 saturated heterocycles. The van der Waals surface area contributed by atoms with Crippen molar-refractivity contribution in [3.63, 3.8) is 0 Å². The van der Waals surface area contributed by atoms with Gasteiger partial charge in [-0.05, 0) is 70.2 Å². The molecule has 2 aliphatic rings. The fourth-order valence-corrected chi connectivity index (χ4v) is 8.03. The molecule has 5 amide bonds. The Hall–Kier alpha value is -6.80. The molecule has 13 nitrogen and oxygen atoms in total. The lowest BCUT2D eigenvalue weighted by atomic mass is 9.97. The van der Waals surface area contributed by atoms with Gasteiger partial charge in [-0.2, -0.15) is 0 Å². The highest BCUT2D eigenvalue weighted by Crippen LogP contribution is 2.21. The number of amides is 5. The zero-order valence-corrected chi connectivity index (χ0v) is 36.1. The number of thiophene rings is 1. The van der Waals surface area contributed by atoms with Gasteiger partial charge < -0.3 is 36.4 Å². The predicted octanol–water partition coefficient (Wildman–Crippen LogP) is 5.02. The Bertz CT molecular complexity index is 2310. The van der Waals surface area contributed by atoms with E-state index >= 15 is 0 Å². The summed E-state index contributed by atoms with van der Waals surface area (Å²) in [5.41, 5.74) is 4.20. The molecule has 0 fully saturated rings. The molecule has 2 bridgehead atoms. The summed E-state index contributed by atoms with van der Waals surface area (Å²) < 4.78 is 5.78. The number of nitrogens with one attached hydrogen (secondary N) is 5. The maximum atomic E-state index is 14.6. The molecule has 328 valence electrons. The number of carbonyl (C=O) groups is 6. The molecule has 2 aliphatic heterocycles. The summed E-state index contributed by atoms with van der Waals surface area (Å²) in [6, 6.07) is 31.1. The van der Waals surface area contributed by atoms with E-state index in [4.69, 9.17) is 4.74 Å². The molecule has 3 heterocycles. The molecule has 14 heteroatoms. The Balaban J connectivity index is 1.36. The number of aryl methyl sites for hydroxylation is 1. The molecule has 1 aromatic heterocycles. The molecule has 6 atom stereocenters. The second-order valence-corrected chi connectivity index (χ2v) is 16.8. The SMILES string of the molecule is CC[C@H](C)[C@H](NC(=O)[C@@H]1Cc2ccc(cc2)OCC(=O)N[C@H](Cc2cccs2)C(=O)N[C@@H](Cc2ccc(-c3ccccc3)cc2)C(=O)N[C@H](CCc2ccccc2)C(=O)N1)C(=O)O. The van der Waals surface area contributed by atoms with Crippen molar-refractivity contribution in [2.75, 3.05) is 6.61 Å². The fraction of sp³-hybridized carbons (Fsp3) is 0.306. The highest BCUT2D eigenvalue weighted by molar-refractivity contribution is 7.09. The van der Waals surface area contributed by atoms with Gasteiger partial charge in [0, 0.05) is 24.1 Å². The number of benzene rings is 4. The number of rotatable bonds is 13. The number of ether oxygens (including phenoxy) is 1. The monoisotopic (exact) mass is 871 g/mol. The Kier molecular flexibility index (Phi) is 16.2. The molecular formula is C49H53N5O8S. The van der Waals surface area contributed by atoms with Crippen LogP contribution in [-0.2, 0) is 54.5 Å². The van der Waals surface area contributed by atoms with Gasteiger partial charge in [0.1, 0.15) is 36.0 Å². The van der Waals surface area contributed by atoms with Crippen LogP contribution in [0.2, 0.25) is 0 Å². The van der Waals surface area contributed by atoms with E-state index in [-0.39, 0.29) is 25.7 Å². The summed E-state index contributed by atoms with van der Waals surface area (Å²) in [7, 11) is 0. The highest BCUT2D eigenvalue weighted by Gasteiger charge is 2.34. The van der Waals surface area contributed by atoms with Gasteiger partial charge in [-0.3, -0.25) is 24.0 Å². The van der Waals surface area contributed by atoms with E-state index in [1.54, 1.807) is 31.2 Å². The Morgan fingerprint density at radius 3 is 1.97 bits per heavy atom. The molecule has 0 radical (unpaired) electrons. The minimum absolute atomic E-state index is 0.0351. The van der Waals surface area contributed by atoms with E-state index in [0.29, 0.717) is 24.2 Å². The van der Waals surface area contributed by atoms with Gasteiger partial charge in [-0.25, -0.2) is 4.79 Å². The topological polar surface area (TPSA) is 192 Å². The largest absolute Gasteiger partial charge is 0.484 e. The van der Waals surface area contributed by atoms with Gasteiger partial charge in [0.05, 0.1) is 0 Å². The van der Waals surface area contributed by atoms with Crippen LogP contribution in [-0.4, -0.2) is 77.4 Å². The van der Waals surface area contributed by atoms with Crippen LogP contribution in [0, 0.1) is 5.92 Å². The molecular weight excluding hydrogens is 819 g/mol. The molecule has 7 rings (SSSR count). The second-order valence-electron chi connectivity index (χ2n) is 15.7. The molecule has 5 aromatic rings. The lowest BCUT2D eigenvalue weighted by molar-refractivity contribution is -0.143. The average molecular weight is 872 g/mol. The maximum Gasteiger partial charge on any atom is 0.326 e. The van der Waals surface area contributed by atoms with Gasteiger partial charge in [0.2, 0.25) is 23.6 Å². The summed E-state index contributed by atoms with van der Waals surface area (Å²) in [4.78, 5) is 83.8. The molecule has 63 heavy (non-hydrogen) atoms. The predicted molar refractivity (Wildman–Crippen MR) is 241 cm³/mol. The van der Waals surface area contributed by atoms with Crippen molar-refractivity contribution in [1.82, 2.24) is 26.6 Å². The number of fused-ring (bicyclic) bond motifs is 16. The van der Waals surface area contributed by atoms with Crippen molar-refractivity contribution >= 4 is 46.8 Å². The molecule has 6 N–H and O–H groups in total. The number of aliphatic carboxylic acids is 1. The Morgan fingerprint density at radius 2 is 1.33 bits per heavy atom. The van der Waals surface area contributed by atoms with Crippen molar-refractivity contribution < 1.29 is 38.6 Å². The first-order valence-electron chi connectivity index (χ1n) is 21.1. The van der Waals surface area contributed by atoms with E-state index in [1.165, 1.54) is 11.3 Å². The van der Waals surface area contributed by atoms with Crippen molar-refractivity contribution in [2.24, 2.45) is 5.92 Å². The summed E-state index contributed by atoms with van der Waals surface area (Å²) in [5, 5.41) is 25.9. The van der Waals surface area contributed by atoms with Gasteiger partial charge >= 0.3 is 5.97 Å². The van der Waals surface area contributed by atoms with Gasteiger partial charge in [-0.15, -0.1) is 11.3 Å². The minimum Gasteiger partial charge on any atom is -0.484 e. The third kappa shape index (κ3) is 13.3. The van der Waals surface area contributed by atoms with Gasteiger partial charge in [0.15, 0.2) is 6.61 Å². The summed E-state index contributed by atoms with van der Waals surface area (Å²) in [6.45, 7) is 3.12. The van der Waals surface area contributed by atoms with Crippen molar-refractivity contribution in [1.29, 1.82) is 0 Å². The molecule has 0 aliphatic carbocycles. The first kappa shape index (κ1) is 45.7. The van der Waals surface area contributed by atoms with Crippen LogP contribution in [0.1, 0.15) is 48.3 Å². The average Bonchev–Trinajstić information content (AvgIpc) is 3.82. The summed E-state index contributed by atoms with van der Waals surface area (Å²) in [6.07, 6.45) is 1.12. The van der Waals surface area contributed by atoms with Crippen LogP contribution in [0.25, 0.3) is 11.1 Å². The van der Waals surface area contributed by atoms with E-state index < -0.39 is 78.2 Å². The highest BCUT2D eigenvalue weighted by atomic mass is 32.1. The first-order chi connectivity index (χ1) is 30.4. The molecule has 4 aromatic carbocycles. The minimum atomic E-state index is -1.25. The van der Waals surface area contributed by atoms with E-state index in [9.17, 15) is 33.9 Å². The quantitative estimate of drug-likeness (QED) is 0.0889. The number of carboxylic acids is 1. The van der Waals surface area contributed by atoms with E-state index in [2.05, 4.69) is 26.6 Å². The third-order valence-electron chi connectivity index (χ3n) is 11.1. The number of carbonyl (C=O) groups excluding carboxylic acids is 5. The maximum absolute atomic E-state index is 14.6. The van der Waals surface area contributed by atoms with Gasteiger partial charge in [0.25, 0.3) is 5.91 Å². The fourth-order valence-electron chi connectivity index (χ4n) is 7.28. The number of hydrogen-bond donors (Lipinski definition) is 6. The van der Waals surface area contributed by atoms with Crippen LogP contribution in [0.15, 0.2) is 127 Å². The van der Waals surface area contributed by atoms with Crippen molar-refractivity contribution in [3.05, 3.63) is 148 Å². The second kappa shape index (κ2) is 22.3. The van der Waals surface area contributed by atoms with Crippen molar-refractivity contribution in [3.8, 4) is 16.9 Å². The van der Waals surface area contributed by atoms with Gasteiger partial charge in [-0.1, -0.05) is 123 Å². The van der Waals surface area contributed by atoms with Crippen LogP contribution in [0.4, 0.5) is 0 Å². The molecule has 0 unspecified atom stereocenters. The zero-order valence-electron chi connectivity index (χ0n) is 35.3. The van der Waals surface area contributed by atoms with E-state index in [1.807, 2.05) is 109 Å². The molecule has 0 saturated carbocycles. The smallest absolute Gasteiger partial charge is 0.326 e. The van der Waals surface area contributed by atoms with Crippen molar-refractivity contribution in [2.45, 2.75) is 82.6 Å². The summed E-state index contributed by atoms with van der Waals surface area (Å²) >= 11 is 1.42. The van der Waals surface area contributed by atoms with Crippen LogP contribution in [0.5, 0.6) is 5.75 Å². The number of hydrogen-bond acceptors (Lipinski definition) is 8. The van der Waals surface area contributed by atoms with Crippen LogP contribution >= 0.6 is 11.3 Å². The zero-order chi connectivity index (χ0) is 44.7. The standard InChI is InChI=1S/C49H53N5O8S/c1-3-31(2)44(49(60)61)54-48(59)41-28-34-18-23-37(24-19-34)62-30-43(55)50-42(29-38-15-10-26-63-38)47(58)53-40(27-33-16-21-36(22-17-33)35-13-8-5-9-14-35)46(57)51-39(45(56)52-41)25-20-32-11-6-4-7-12-32/h4-19,21-24,26,31,39-42,44H,3,20,25,27-30H2,1-2H3,(H,50,55)(H,51,57)(H,52,56)(H,53,58)(H,54,59)(H,60,61)/t31-,39+,40-,41-,42+,44-/m0/s1.